The SMILES string of the molecule is CC1COCCN1c1cc(OC(C)(C)C)nc(N2CCS(=O)CC2)c1. The predicted molar refractivity (Wildman–Crippen MR) is 102 cm³/mol. The Morgan fingerprint density at radius 1 is 1.24 bits per heavy atom. The standard InChI is InChI=1S/C18H29N3O3S/c1-14-13-23-8-5-21(14)15-11-16(20-6-9-25(22)10-7-20)19-17(12-15)24-18(2,3)4/h11-12,14H,5-10,13H2,1-4H3. The second-order valence-corrected chi connectivity index (χ2v) is 9.38. The van der Waals surface area contributed by atoms with Crippen molar-refractivity contribution in [3.05, 3.63) is 12.1 Å². The maximum Gasteiger partial charge on any atom is 0.217 e. The number of nitrogens with zero attached hydrogens (tertiary/aromatic N) is 3. The lowest BCUT2D eigenvalue weighted by molar-refractivity contribution is 0.0986. The predicted octanol–water partition coefficient (Wildman–Crippen LogP) is 2.05. The van der Waals surface area contributed by atoms with Crippen LogP contribution in [0.5, 0.6) is 5.88 Å². The molecule has 25 heavy (non-hydrogen) atoms. The first-order chi connectivity index (χ1) is 11.8. The van der Waals surface area contributed by atoms with Crippen molar-refractivity contribution in [2.45, 2.75) is 39.3 Å². The van der Waals surface area contributed by atoms with Crippen LogP contribution in [0.1, 0.15) is 27.7 Å². The normalized spacial score (nSPS) is 23.0. The summed E-state index contributed by atoms with van der Waals surface area (Å²) in [4.78, 5) is 9.30. The van der Waals surface area contributed by atoms with E-state index in [9.17, 15) is 4.21 Å². The number of morpholine rings is 1. The Morgan fingerprint density at radius 3 is 2.60 bits per heavy atom. The molecule has 1 unspecified atom stereocenters. The molecule has 0 spiro atoms. The summed E-state index contributed by atoms with van der Waals surface area (Å²) in [7, 11) is -0.699. The number of pyridine rings is 1. The highest BCUT2D eigenvalue weighted by atomic mass is 32.2. The fourth-order valence-corrected chi connectivity index (χ4v) is 4.20. The van der Waals surface area contributed by atoms with E-state index in [4.69, 9.17) is 14.5 Å². The summed E-state index contributed by atoms with van der Waals surface area (Å²) in [5.74, 6) is 2.96. The third-order valence-corrected chi connectivity index (χ3v) is 5.66. The van der Waals surface area contributed by atoms with Crippen LogP contribution >= 0.6 is 0 Å². The van der Waals surface area contributed by atoms with E-state index in [1.165, 1.54) is 0 Å². The first-order valence-corrected chi connectivity index (χ1v) is 10.5. The average Bonchev–Trinajstić information content (AvgIpc) is 2.54. The van der Waals surface area contributed by atoms with Crippen molar-refractivity contribution in [1.29, 1.82) is 0 Å². The molecule has 0 amide bonds. The van der Waals surface area contributed by atoms with Crippen molar-refractivity contribution >= 4 is 22.3 Å². The van der Waals surface area contributed by atoms with E-state index in [-0.39, 0.29) is 5.60 Å². The van der Waals surface area contributed by atoms with Crippen LogP contribution in [0.15, 0.2) is 12.1 Å². The van der Waals surface area contributed by atoms with Crippen molar-refractivity contribution in [3.63, 3.8) is 0 Å². The zero-order valence-electron chi connectivity index (χ0n) is 15.7. The molecule has 140 valence electrons. The first kappa shape index (κ1) is 18.5. The fourth-order valence-electron chi connectivity index (χ4n) is 3.15. The van der Waals surface area contributed by atoms with Gasteiger partial charge in [0, 0.05) is 65.8 Å². The Kier molecular flexibility index (Phi) is 5.53. The highest BCUT2D eigenvalue weighted by Crippen LogP contribution is 2.30. The summed E-state index contributed by atoms with van der Waals surface area (Å²) in [6.45, 7) is 12.1. The molecule has 0 aliphatic carbocycles. The van der Waals surface area contributed by atoms with E-state index in [2.05, 4.69) is 22.8 Å². The van der Waals surface area contributed by atoms with E-state index in [0.29, 0.717) is 23.4 Å². The van der Waals surface area contributed by atoms with Crippen molar-refractivity contribution in [1.82, 2.24) is 4.98 Å². The summed E-state index contributed by atoms with van der Waals surface area (Å²) in [6.07, 6.45) is 0. The quantitative estimate of drug-likeness (QED) is 0.815. The van der Waals surface area contributed by atoms with Crippen LogP contribution in [0.4, 0.5) is 11.5 Å². The topological polar surface area (TPSA) is 54.9 Å². The number of aromatic nitrogens is 1. The number of rotatable bonds is 3. The fraction of sp³-hybridized carbons (Fsp3) is 0.722. The van der Waals surface area contributed by atoms with Gasteiger partial charge in [-0.3, -0.25) is 4.21 Å². The lowest BCUT2D eigenvalue weighted by Crippen LogP contribution is -2.44. The van der Waals surface area contributed by atoms with Crippen molar-refractivity contribution in [3.8, 4) is 5.88 Å². The molecule has 0 saturated carbocycles. The van der Waals surface area contributed by atoms with E-state index in [1.807, 2.05) is 26.8 Å². The smallest absolute Gasteiger partial charge is 0.217 e. The van der Waals surface area contributed by atoms with E-state index in [0.717, 1.165) is 44.4 Å². The number of hydrogen-bond donors (Lipinski definition) is 0. The summed E-state index contributed by atoms with van der Waals surface area (Å²) in [6, 6.07) is 4.48. The zero-order chi connectivity index (χ0) is 18.0. The zero-order valence-corrected chi connectivity index (χ0v) is 16.5. The van der Waals surface area contributed by atoms with Crippen molar-refractivity contribution in [2.24, 2.45) is 0 Å². The van der Waals surface area contributed by atoms with Crippen LogP contribution < -0.4 is 14.5 Å². The van der Waals surface area contributed by atoms with Gasteiger partial charge in [0.2, 0.25) is 5.88 Å². The maximum absolute atomic E-state index is 11.7. The highest BCUT2D eigenvalue weighted by Gasteiger charge is 2.24. The van der Waals surface area contributed by atoms with Gasteiger partial charge in [-0.1, -0.05) is 0 Å². The Labute approximate surface area is 153 Å². The summed E-state index contributed by atoms with van der Waals surface area (Å²) < 4.78 is 23.3. The van der Waals surface area contributed by atoms with Gasteiger partial charge in [0.1, 0.15) is 11.4 Å². The molecular weight excluding hydrogens is 338 g/mol. The van der Waals surface area contributed by atoms with Gasteiger partial charge in [0.05, 0.1) is 13.2 Å². The van der Waals surface area contributed by atoms with Gasteiger partial charge in [-0.15, -0.1) is 0 Å². The molecule has 1 aromatic heterocycles. The van der Waals surface area contributed by atoms with Crippen molar-refractivity contribution < 1.29 is 13.7 Å². The lowest BCUT2D eigenvalue weighted by atomic mass is 10.2. The number of ether oxygens (including phenoxy) is 2. The Morgan fingerprint density at radius 2 is 1.96 bits per heavy atom. The van der Waals surface area contributed by atoms with Gasteiger partial charge in [-0.05, 0) is 27.7 Å². The molecule has 0 radical (unpaired) electrons. The van der Waals surface area contributed by atoms with Crippen LogP contribution in [0, 0.1) is 0 Å². The third-order valence-electron chi connectivity index (χ3n) is 4.38. The summed E-state index contributed by atoms with van der Waals surface area (Å²) in [5.41, 5.74) is 0.815. The van der Waals surface area contributed by atoms with Crippen LogP contribution in [0.3, 0.4) is 0 Å². The molecule has 2 fully saturated rings. The maximum atomic E-state index is 11.7. The molecular formula is C18H29N3O3S. The van der Waals surface area contributed by atoms with E-state index in [1.54, 1.807) is 0 Å². The van der Waals surface area contributed by atoms with E-state index >= 15 is 0 Å². The molecule has 0 bridgehead atoms. The Bertz CT molecular complexity index is 622. The average molecular weight is 368 g/mol. The van der Waals surface area contributed by atoms with Crippen molar-refractivity contribution in [2.75, 3.05) is 54.2 Å². The minimum atomic E-state index is -0.699. The Balaban J connectivity index is 1.91. The molecule has 0 aromatic carbocycles. The highest BCUT2D eigenvalue weighted by molar-refractivity contribution is 7.85. The first-order valence-electron chi connectivity index (χ1n) is 8.97. The molecule has 7 heteroatoms. The summed E-state index contributed by atoms with van der Waals surface area (Å²) >= 11 is 0. The lowest BCUT2D eigenvalue weighted by Gasteiger charge is -2.36. The van der Waals surface area contributed by atoms with Crippen LogP contribution in [-0.2, 0) is 15.5 Å². The molecule has 2 aliphatic rings. The molecule has 1 aromatic rings. The Hall–Kier alpha value is -1.34. The molecule has 2 saturated heterocycles. The van der Waals surface area contributed by atoms with Crippen LogP contribution in [0.25, 0.3) is 0 Å². The molecule has 3 rings (SSSR count). The minimum Gasteiger partial charge on any atom is -0.472 e. The number of hydrogen-bond acceptors (Lipinski definition) is 6. The van der Waals surface area contributed by atoms with Crippen LogP contribution in [-0.4, -0.2) is 65.2 Å². The third kappa shape index (κ3) is 4.85. The van der Waals surface area contributed by atoms with Gasteiger partial charge < -0.3 is 19.3 Å². The molecule has 2 aliphatic heterocycles. The van der Waals surface area contributed by atoms with Gasteiger partial charge in [0.25, 0.3) is 0 Å². The van der Waals surface area contributed by atoms with Gasteiger partial charge in [-0.25, -0.2) is 0 Å². The second kappa shape index (κ2) is 7.50. The monoisotopic (exact) mass is 367 g/mol. The summed E-state index contributed by atoms with van der Waals surface area (Å²) in [5, 5.41) is 0. The second-order valence-electron chi connectivity index (χ2n) is 7.69. The number of anilines is 2. The minimum absolute atomic E-state index is 0.303. The van der Waals surface area contributed by atoms with E-state index < -0.39 is 10.8 Å². The molecule has 1 atom stereocenters. The largest absolute Gasteiger partial charge is 0.472 e. The van der Waals surface area contributed by atoms with Gasteiger partial charge in [-0.2, -0.15) is 4.98 Å². The molecule has 6 nitrogen and oxygen atoms in total. The van der Waals surface area contributed by atoms with Gasteiger partial charge in [0.15, 0.2) is 0 Å². The molecule has 3 heterocycles. The van der Waals surface area contributed by atoms with Crippen LogP contribution in [0.2, 0.25) is 0 Å². The molecule has 0 N–H and O–H groups in total. The van der Waals surface area contributed by atoms with Gasteiger partial charge >= 0.3 is 0 Å².